The maximum Gasteiger partial charge on any atom is 0.0536 e. The van der Waals surface area contributed by atoms with Gasteiger partial charge in [0.15, 0.2) is 0 Å². The first-order valence-electron chi connectivity index (χ1n) is 9.15. The summed E-state index contributed by atoms with van der Waals surface area (Å²) >= 11 is 0. The molecule has 28 heavy (non-hydrogen) atoms. The van der Waals surface area contributed by atoms with Gasteiger partial charge >= 0.3 is 0 Å². The zero-order valence-corrected chi connectivity index (χ0v) is 18.4. The number of rotatable bonds is 3. The second kappa shape index (κ2) is 10.4. The molecule has 2 N–H and O–H groups in total. The predicted molar refractivity (Wildman–Crippen MR) is 111 cm³/mol. The van der Waals surface area contributed by atoms with Crippen molar-refractivity contribution in [3.05, 3.63) is 79.0 Å². The topological polar surface area (TPSA) is 53.4 Å². The van der Waals surface area contributed by atoms with Gasteiger partial charge in [-0.3, -0.25) is 0 Å². The van der Waals surface area contributed by atoms with Crippen molar-refractivity contribution in [2.45, 2.75) is 32.5 Å². The Kier molecular flexibility index (Phi) is 8.28. The van der Waals surface area contributed by atoms with Crippen molar-refractivity contribution < 1.29 is 30.3 Å². The van der Waals surface area contributed by atoms with Gasteiger partial charge in [-0.25, -0.2) is 0 Å². The SMILES string of the molecule is CC(O)CC(C)O.[Ir].[c-]1cc2c(ccc3ccccc32)cc1-c1ccccn1. The molecule has 0 saturated carbocycles. The van der Waals surface area contributed by atoms with E-state index in [2.05, 4.69) is 59.6 Å². The Morgan fingerprint density at radius 3 is 2.18 bits per heavy atom. The molecule has 1 aromatic heterocycles. The molecule has 0 fully saturated rings. The first-order valence-corrected chi connectivity index (χ1v) is 9.15. The summed E-state index contributed by atoms with van der Waals surface area (Å²) in [5, 5.41) is 22.1. The van der Waals surface area contributed by atoms with Crippen LogP contribution in [0.3, 0.4) is 0 Å². The maximum atomic E-state index is 8.56. The molecule has 0 saturated heterocycles. The van der Waals surface area contributed by atoms with Gasteiger partial charge in [0, 0.05) is 26.3 Å². The molecule has 0 amide bonds. The minimum absolute atomic E-state index is 0. The van der Waals surface area contributed by atoms with Crippen LogP contribution in [0.5, 0.6) is 0 Å². The summed E-state index contributed by atoms with van der Waals surface area (Å²) in [6.45, 7) is 3.32. The zero-order chi connectivity index (χ0) is 19.2. The van der Waals surface area contributed by atoms with E-state index in [4.69, 9.17) is 10.2 Å². The Labute approximate surface area is 179 Å². The van der Waals surface area contributed by atoms with E-state index in [1.54, 1.807) is 13.8 Å². The molecule has 3 aromatic carbocycles. The molecule has 2 atom stereocenters. The summed E-state index contributed by atoms with van der Waals surface area (Å²) in [6, 6.07) is 26.3. The van der Waals surface area contributed by atoms with Crippen LogP contribution in [0.1, 0.15) is 20.3 Å². The van der Waals surface area contributed by atoms with E-state index in [0.29, 0.717) is 6.42 Å². The molecule has 4 heteroatoms. The van der Waals surface area contributed by atoms with Gasteiger partial charge in [0.2, 0.25) is 0 Å². The third kappa shape index (κ3) is 5.70. The average Bonchev–Trinajstić information content (AvgIpc) is 2.67. The summed E-state index contributed by atoms with van der Waals surface area (Å²) in [5.41, 5.74) is 2.00. The van der Waals surface area contributed by atoms with Crippen molar-refractivity contribution in [2.75, 3.05) is 0 Å². The number of aromatic nitrogens is 1. The molecule has 147 valence electrons. The van der Waals surface area contributed by atoms with Crippen molar-refractivity contribution in [1.82, 2.24) is 4.98 Å². The van der Waals surface area contributed by atoms with E-state index in [0.717, 1.165) is 11.3 Å². The van der Waals surface area contributed by atoms with E-state index >= 15 is 0 Å². The summed E-state index contributed by atoms with van der Waals surface area (Å²) in [7, 11) is 0. The molecule has 2 unspecified atom stereocenters. The molecule has 3 nitrogen and oxygen atoms in total. The second-order valence-electron chi connectivity index (χ2n) is 6.79. The van der Waals surface area contributed by atoms with Crippen LogP contribution >= 0.6 is 0 Å². The van der Waals surface area contributed by atoms with Gasteiger partial charge in [0.1, 0.15) is 0 Å². The fourth-order valence-corrected chi connectivity index (χ4v) is 3.11. The Morgan fingerprint density at radius 2 is 1.54 bits per heavy atom. The average molecular weight is 551 g/mol. The number of aliphatic hydroxyl groups excluding tert-OH is 2. The van der Waals surface area contributed by atoms with Crippen LogP contribution in [0.2, 0.25) is 0 Å². The normalized spacial score (nSPS) is 12.6. The second-order valence-corrected chi connectivity index (χ2v) is 6.79. The van der Waals surface area contributed by atoms with E-state index in [9.17, 15) is 0 Å². The Bertz CT molecular complexity index is 1010. The van der Waals surface area contributed by atoms with Gasteiger partial charge in [0.25, 0.3) is 0 Å². The largest absolute Gasteiger partial charge is 0.393 e. The van der Waals surface area contributed by atoms with Crippen LogP contribution in [0, 0.1) is 6.07 Å². The molecule has 0 aliphatic rings. The molecule has 0 bridgehead atoms. The number of pyridine rings is 1. The number of fused-ring (bicyclic) bond motifs is 3. The van der Waals surface area contributed by atoms with Gasteiger partial charge in [-0.15, -0.1) is 29.1 Å². The molecule has 0 aliphatic heterocycles. The summed E-state index contributed by atoms with van der Waals surface area (Å²) in [5.74, 6) is 0. The summed E-state index contributed by atoms with van der Waals surface area (Å²) in [4.78, 5) is 4.39. The minimum Gasteiger partial charge on any atom is -0.393 e. The van der Waals surface area contributed by atoms with Crippen molar-refractivity contribution in [3.63, 3.8) is 0 Å². The first-order chi connectivity index (χ1) is 13.0. The number of aliphatic hydroxyl groups is 2. The molecular weight excluding hydrogens is 526 g/mol. The standard InChI is InChI=1S/C19H12N.C5H12O2.Ir/c1-2-6-17-14(5-1)8-9-15-13-16(10-11-18(15)17)19-7-3-4-12-20-19;1-4(6)3-5(2)7;/h1-9,11-13H;4-7H,3H2,1-2H3;/q-1;;. The molecule has 4 rings (SSSR count). The number of hydrogen-bond donors (Lipinski definition) is 2. The van der Waals surface area contributed by atoms with Crippen molar-refractivity contribution in [2.24, 2.45) is 0 Å². The third-order valence-corrected chi connectivity index (χ3v) is 4.30. The quantitative estimate of drug-likeness (QED) is 0.279. The number of nitrogens with zero attached hydrogens (tertiary/aromatic N) is 1. The van der Waals surface area contributed by atoms with E-state index in [-0.39, 0.29) is 32.3 Å². The first kappa shape index (κ1) is 22.2. The van der Waals surface area contributed by atoms with Gasteiger partial charge in [-0.2, -0.15) is 0 Å². The summed E-state index contributed by atoms with van der Waals surface area (Å²) < 4.78 is 0. The molecule has 1 heterocycles. The summed E-state index contributed by atoms with van der Waals surface area (Å²) in [6.07, 6.45) is 1.54. The van der Waals surface area contributed by atoms with Gasteiger partial charge in [-0.05, 0) is 37.4 Å². The van der Waals surface area contributed by atoms with Crippen LogP contribution in [0.15, 0.2) is 72.9 Å². The van der Waals surface area contributed by atoms with Crippen LogP contribution < -0.4 is 0 Å². The monoisotopic (exact) mass is 551 g/mol. The number of hydrogen-bond acceptors (Lipinski definition) is 3. The van der Waals surface area contributed by atoms with Crippen LogP contribution in [-0.4, -0.2) is 27.4 Å². The number of benzene rings is 3. The Morgan fingerprint density at radius 1 is 0.857 bits per heavy atom. The zero-order valence-electron chi connectivity index (χ0n) is 16.0. The van der Waals surface area contributed by atoms with Crippen molar-refractivity contribution >= 4 is 21.5 Å². The maximum absolute atomic E-state index is 8.56. The molecule has 0 spiro atoms. The van der Waals surface area contributed by atoms with Crippen molar-refractivity contribution in [1.29, 1.82) is 0 Å². The van der Waals surface area contributed by atoms with E-state index in [1.165, 1.54) is 21.5 Å². The van der Waals surface area contributed by atoms with Gasteiger partial charge in [-0.1, -0.05) is 59.3 Å². The molecule has 1 radical (unpaired) electrons. The van der Waals surface area contributed by atoms with E-state index in [1.807, 2.05) is 24.4 Å². The van der Waals surface area contributed by atoms with Crippen LogP contribution in [-0.2, 0) is 20.1 Å². The third-order valence-electron chi connectivity index (χ3n) is 4.30. The predicted octanol–water partition coefficient (Wildman–Crippen LogP) is 4.99. The van der Waals surface area contributed by atoms with Crippen molar-refractivity contribution in [3.8, 4) is 11.3 Å². The fourth-order valence-electron chi connectivity index (χ4n) is 3.11. The van der Waals surface area contributed by atoms with E-state index < -0.39 is 0 Å². The Hall–Kier alpha value is -2.10. The van der Waals surface area contributed by atoms with Crippen LogP contribution in [0.4, 0.5) is 0 Å². The minimum atomic E-state index is -0.375. The molecule has 0 aliphatic carbocycles. The van der Waals surface area contributed by atoms with Gasteiger partial charge in [0.05, 0.1) is 12.2 Å². The smallest absolute Gasteiger partial charge is 0.0536 e. The Balaban J connectivity index is 0.000000306. The fraction of sp³-hybridized carbons (Fsp3) is 0.208. The van der Waals surface area contributed by atoms with Crippen LogP contribution in [0.25, 0.3) is 32.8 Å². The molecule has 4 aromatic rings. The van der Waals surface area contributed by atoms with Gasteiger partial charge < -0.3 is 15.2 Å². The molecular formula is C24H24IrNO2-.